The van der Waals surface area contributed by atoms with Gasteiger partial charge in [-0.2, -0.15) is 0 Å². The molecule has 0 aliphatic rings. The number of nitrogens with zero attached hydrogens (tertiary/aromatic N) is 2. The molecule has 4 rings (SSSR count). The molecule has 0 atom stereocenters. The van der Waals surface area contributed by atoms with Crippen molar-refractivity contribution in [3.05, 3.63) is 78.9 Å². The van der Waals surface area contributed by atoms with Crippen LogP contribution >= 0.6 is 11.9 Å². The fourth-order valence-corrected chi connectivity index (χ4v) is 3.83. The molecule has 0 fully saturated rings. The van der Waals surface area contributed by atoms with Crippen molar-refractivity contribution in [3.8, 4) is 16.9 Å². The van der Waals surface area contributed by atoms with Crippen molar-refractivity contribution in [2.75, 3.05) is 11.8 Å². The molecule has 134 valence electrons. The summed E-state index contributed by atoms with van der Waals surface area (Å²) in [5.74, 6) is 0.788. The molecule has 0 aliphatic heterocycles. The number of hydrogen-bond acceptors (Lipinski definition) is 5. The van der Waals surface area contributed by atoms with E-state index in [1.807, 2.05) is 31.3 Å². The third-order valence-electron chi connectivity index (χ3n) is 4.43. The second kappa shape index (κ2) is 7.68. The van der Waals surface area contributed by atoms with Crippen molar-refractivity contribution >= 4 is 28.4 Å². The zero-order valence-electron chi connectivity index (χ0n) is 15.1. The third-order valence-corrected chi connectivity index (χ3v) is 5.35. The molecule has 0 bridgehead atoms. The van der Waals surface area contributed by atoms with E-state index in [1.54, 1.807) is 25.4 Å². The van der Waals surface area contributed by atoms with Gasteiger partial charge in [-0.1, -0.05) is 36.4 Å². The molecule has 0 saturated heterocycles. The van der Waals surface area contributed by atoms with Gasteiger partial charge < -0.3 is 9.46 Å². The fourth-order valence-electron chi connectivity index (χ4n) is 3.03. The Morgan fingerprint density at radius 1 is 0.963 bits per heavy atom. The first kappa shape index (κ1) is 17.4. The van der Waals surface area contributed by atoms with Crippen molar-refractivity contribution in [2.45, 2.75) is 11.8 Å². The number of ether oxygens (including phenoxy) is 1. The minimum absolute atomic E-state index is 0.788. The minimum Gasteiger partial charge on any atom is -0.496 e. The van der Waals surface area contributed by atoms with Gasteiger partial charge in [0.1, 0.15) is 12.1 Å². The fraction of sp³-hybridized carbons (Fsp3) is 0.0909. The van der Waals surface area contributed by atoms with E-state index in [4.69, 9.17) is 4.74 Å². The molecule has 0 spiro atoms. The van der Waals surface area contributed by atoms with E-state index < -0.39 is 0 Å². The molecule has 27 heavy (non-hydrogen) atoms. The number of rotatable bonds is 5. The van der Waals surface area contributed by atoms with Gasteiger partial charge in [0.05, 0.1) is 7.11 Å². The van der Waals surface area contributed by atoms with Gasteiger partial charge in [-0.25, -0.2) is 9.97 Å². The lowest BCUT2D eigenvalue weighted by Gasteiger charge is -2.13. The van der Waals surface area contributed by atoms with E-state index in [0.717, 1.165) is 28.3 Å². The van der Waals surface area contributed by atoms with Gasteiger partial charge in [-0.15, -0.1) is 0 Å². The Morgan fingerprint density at radius 3 is 2.67 bits per heavy atom. The van der Waals surface area contributed by atoms with Crippen LogP contribution in [0.2, 0.25) is 0 Å². The molecule has 4 aromatic rings. The second-order valence-corrected chi connectivity index (χ2v) is 6.97. The molecule has 0 aliphatic carbocycles. The first-order valence-corrected chi connectivity index (χ1v) is 9.43. The average Bonchev–Trinajstić information content (AvgIpc) is 2.72. The number of aromatic nitrogens is 2. The third kappa shape index (κ3) is 3.59. The van der Waals surface area contributed by atoms with E-state index in [1.165, 1.54) is 15.7 Å². The molecule has 1 heterocycles. The number of nitrogens with one attached hydrogen (secondary N) is 1. The van der Waals surface area contributed by atoms with Crippen molar-refractivity contribution in [3.63, 3.8) is 0 Å². The lowest BCUT2D eigenvalue weighted by Crippen LogP contribution is -1.95. The highest BCUT2D eigenvalue weighted by atomic mass is 32.2. The van der Waals surface area contributed by atoms with Crippen LogP contribution in [-0.4, -0.2) is 17.1 Å². The monoisotopic (exact) mass is 373 g/mol. The van der Waals surface area contributed by atoms with Crippen LogP contribution in [0.25, 0.3) is 21.9 Å². The maximum atomic E-state index is 5.61. The lowest BCUT2D eigenvalue weighted by atomic mass is 10.0. The highest BCUT2D eigenvalue weighted by Gasteiger charge is 2.11. The number of methoxy groups -OCH3 is 1. The van der Waals surface area contributed by atoms with Gasteiger partial charge in [0.2, 0.25) is 0 Å². The highest BCUT2D eigenvalue weighted by Crippen LogP contribution is 2.35. The van der Waals surface area contributed by atoms with Gasteiger partial charge in [0.25, 0.3) is 0 Å². The Kier molecular flexibility index (Phi) is 4.94. The lowest BCUT2D eigenvalue weighted by molar-refractivity contribution is 0.416. The minimum atomic E-state index is 0.788. The van der Waals surface area contributed by atoms with Crippen LogP contribution in [0.15, 0.2) is 78.1 Å². The van der Waals surface area contributed by atoms with Crippen molar-refractivity contribution in [2.24, 2.45) is 0 Å². The van der Waals surface area contributed by atoms with Crippen molar-refractivity contribution in [1.29, 1.82) is 0 Å². The number of aryl methyl sites for hydroxylation is 1. The zero-order valence-corrected chi connectivity index (χ0v) is 16.0. The van der Waals surface area contributed by atoms with E-state index in [2.05, 4.69) is 57.2 Å². The molecule has 5 heteroatoms. The molecular weight excluding hydrogens is 354 g/mol. The Labute approximate surface area is 162 Å². The molecule has 1 N–H and O–H groups in total. The van der Waals surface area contributed by atoms with Crippen LogP contribution < -0.4 is 9.46 Å². The Bertz CT molecular complexity index is 1090. The second-order valence-electron chi connectivity index (χ2n) is 6.12. The summed E-state index contributed by atoms with van der Waals surface area (Å²) in [6, 6.07) is 20.8. The molecule has 3 aromatic carbocycles. The first-order chi connectivity index (χ1) is 13.3. The van der Waals surface area contributed by atoms with Gasteiger partial charge in [-0.05, 0) is 47.8 Å². The summed E-state index contributed by atoms with van der Waals surface area (Å²) in [7, 11) is 1.68. The predicted octanol–water partition coefficient (Wildman–Crippen LogP) is 5.73. The molecule has 0 saturated carbocycles. The van der Waals surface area contributed by atoms with Gasteiger partial charge in [-0.3, -0.25) is 0 Å². The first-order valence-electron chi connectivity index (χ1n) is 8.62. The number of fused-ring (bicyclic) bond motifs is 1. The van der Waals surface area contributed by atoms with E-state index in [9.17, 15) is 0 Å². The number of anilines is 1. The van der Waals surface area contributed by atoms with E-state index in [-0.39, 0.29) is 0 Å². The van der Waals surface area contributed by atoms with Gasteiger partial charge in [0, 0.05) is 39.7 Å². The maximum absolute atomic E-state index is 5.61. The largest absolute Gasteiger partial charge is 0.496 e. The Balaban J connectivity index is 1.61. The average molecular weight is 373 g/mol. The maximum Gasteiger partial charge on any atom is 0.128 e. The molecule has 1 aromatic heterocycles. The summed E-state index contributed by atoms with van der Waals surface area (Å²) in [6.07, 6.45) is 3.38. The normalized spacial score (nSPS) is 10.7. The highest BCUT2D eigenvalue weighted by molar-refractivity contribution is 8.00. The zero-order chi connectivity index (χ0) is 18.6. The van der Waals surface area contributed by atoms with Crippen molar-refractivity contribution < 1.29 is 4.74 Å². The molecule has 4 nitrogen and oxygen atoms in total. The summed E-state index contributed by atoms with van der Waals surface area (Å²) in [5.41, 5.74) is 3.86. The summed E-state index contributed by atoms with van der Waals surface area (Å²) in [5, 5.41) is 2.47. The number of hydrogen-bond donors (Lipinski definition) is 1. The molecular formula is C22H19N3OS. The van der Waals surface area contributed by atoms with Gasteiger partial charge in [0.15, 0.2) is 0 Å². The van der Waals surface area contributed by atoms with Crippen molar-refractivity contribution in [1.82, 2.24) is 9.97 Å². The SMILES string of the molecule is COc1cc(NSc2cccc3ccccc23)ccc1-c1cncnc1C. The van der Waals surface area contributed by atoms with Gasteiger partial charge >= 0.3 is 0 Å². The predicted molar refractivity (Wildman–Crippen MR) is 112 cm³/mol. The standard InChI is InChI=1S/C22H19N3OS/c1-15-20(13-23-14-24-15)19-11-10-17(12-21(19)26-2)25-27-22-9-5-7-16-6-3-4-8-18(16)22/h3-14,25H,1-2H3. The molecule has 0 radical (unpaired) electrons. The number of benzene rings is 3. The van der Waals surface area contributed by atoms with E-state index >= 15 is 0 Å². The van der Waals surface area contributed by atoms with Crippen LogP contribution in [0.5, 0.6) is 5.75 Å². The van der Waals surface area contributed by atoms with E-state index in [0.29, 0.717) is 0 Å². The molecule has 0 amide bonds. The van der Waals surface area contributed by atoms with Crippen LogP contribution in [0.3, 0.4) is 0 Å². The van der Waals surface area contributed by atoms with Crippen LogP contribution in [-0.2, 0) is 0 Å². The molecule has 0 unspecified atom stereocenters. The quantitative estimate of drug-likeness (QED) is 0.453. The topological polar surface area (TPSA) is 47.0 Å². The van der Waals surface area contributed by atoms with Crippen LogP contribution in [0, 0.1) is 6.92 Å². The van der Waals surface area contributed by atoms with Crippen LogP contribution in [0.1, 0.15) is 5.69 Å². The Hall–Kier alpha value is -3.05. The summed E-state index contributed by atoms with van der Waals surface area (Å²) in [4.78, 5) is 9.59. The van der Waals surface area contributed by atoms with Crippen LogP contribution in [0.4, 0.5) is 5.69 Å². The summed E-state index contributed by atoms with van der Waals surface area (Å²) < 4.78 is 9.04. The summed E-state index contributed by atoms with van der Waals surface area (Å²) >= 11 is 1.60. The Morgan fingerprint density at radius 2 is 1.81 bits per heavy atom. The summed E-state index contributed by atoms with van der Waals surface area (Å²) in [6.45, 7) is 1.97. The smallest absolute Gasteiger partial charge is 0.128 e.